The Morgan fingerprint density at radius 2 is 1.07 bits per heavy atom. The first-order valence-electron chi connectivity index (χ1n) is 9.81. The van der Waals surface area contributed by atoms with Gasteiger partial charge in [-0.25, -0.2) is 0 Å². The van der Waals surface area contributed by atoms with E-state index in [0.29, 0.717) is 0 Å². The molecule has 2 unspecified atom stereocenters. The van der Waals surface area contributed by atoms with Gasteiger partial charge in [-0.1, -0.05) is 71.1 Å². The fourth-order valence-electron chi connectivity index (χ4n) is 2.95. The van der Waals surface area contributed by atoms with Crippen LogP contribution >= 0.6 is 0 Å². The van der Waals surface area contributed by atoms with Gasteiger partial charge in [0.15, 0.2) is 0 Å². The Labute approximate surface area is 175 Å². The summed E-state index contributed by atoms with van der Waals surface area (Å²) >= 11 is 0. The van der Waals surface area contributed by atoms with E-state index in [-0.39, 0.29) is 12.5 Å². The molecule has 4 nitrogen and oxygen atoms in total. The molecule has 0 aliphatic carbocycles. The number of hydrogen-bond donors (Lipinski definition) is 2. The summed E-state index contributed by atoms with van der Waals surface area (Å²) in [6, 6.07) is 26.2. The second-order valence-electron chi connectivity index (χ2n) is 6.99. The summed E-state index contributed by atoms with van der Waals surface area (Å²) in [5.74, 6) is 0. The van der Waals surface area contributed by atoms with E-state index in [9.17, 15) is 0 Å². The van der Waals surface area contributed by atoms with Crippen LogP contribution in [0.5, 0.6) is 0 Å². The predicted octanol–water partition coefficient (Wildman–Crippen LogP) is 3.43. The van der Waals surface area contributed by atoms with E-state index in [1.54, 1.807) is 15.0 Å². The third kappa shape index (κ3) is 7.33. The topological polar surface area (TPSA) is 42.5 Å². The van der Waals surface area contributed by atoms with Crippen molar-refractivity contribution in [3.8, 4) is 0 Å². The Kier molecular flexibility index (Phi) is 7.79. The highest BCUT2D eigenvalue weighted by Gasteiger charge is 2.09. The van der Waals surface area contributed by atoms with E-state index in [2.05, 4.69) is 29.7 Å². The molecule has 0 fully saturated rings. The SMILES string of the molecule is Cc1cc([B]OC(C)Nc2ccccc2)cc([B]OC(C)Nc2ccccc2)c1. The predicted molar refractivity (Wildman–Crippen MR) is 123 cm³/mol. The van der Waals surface area contributed by atoms with Crippen LogP contribution in [0, 0.1) is 6.92 Å². The van der Waals surface area contributed by atoms with Gasteiger partial charge in [0.05, 0.1) is 0 Å². The molecular formula is C23H26B2N2O2. The molecule has 0 heterocycles. The third-order valence-corrected chi connectivity index (χ3v) is 4.23. The fraction of sp³-hybridized carbons (Fsp3) is 0.217. The van der Waals surface area contributed by atoms with Gasteiger partial charge in [-0.2, -0.15) is 0 Å². The van der Waals surface area contributed by atoms with Crippen molar-refractivity contribution in [2.24, 2.45) is 0 Å². The van der Waals surface area contributed by atoms with Crippen molar-refractivity contribution in [1.29, 1.82) is 0 Å². The molecule has 0 saturated carbocycles. The lowest BCUT2D eigenvalue weighted by Gasteiger charge is -2.17. The van der Waals surface area contributed by atoms with Crippen LogP contribution in [0.15, 0.2) is 78.9 Å². The molecule has 6 heteroatoms. The third-order valence-electron chi connectivity index (χ3n) is 4.23. The highest BCUT2D eigenvalue weighted by Crippen LogP contribution is 2.08. The van der Waals surface area contributed by atoms with Gasteiger partial charge < -0.3 is 19.9 Å². The van der Waals surface area contributed by atoms with Crippen molar-refractivity contribution >= 4 is 37.3 Å². The molecule has 29 heavy (non-hydrogen) atoms. The average molecular weight is 384 g/mol. The van der Waals surface area contributed by atoms with Crippen molar-refractivity contribution in [3.63, 3.8) is 0 Å². The number of aryl methyl sites for hydroxylation is 1. The van der Waals surface area contributed by atoms with Crippen molar-refractivity contribution in [2.45, 2.75) is 33.2 Å². The van der Waals surface area contributed by atoms with Gasteiger partial charge in [-0.3, -0.25) is 0 Å². The first-order valence-corrected chi connectivity index (χ1v) is 9.81. The van der Waals surface area contributed by atoms with Gasteiger partial charge in [0.1, 0.15) is 12.5 Å². The zero-order valence-corrected chi connectivity index (χ0v) is 17.1. The molecular weight excluding hydrogens is 358 g/mol. The molecule has 0 spiro atoms. The van der Waals surface area contributed by atoms with E-state index in [4.69, 9.17) is 9.31 Å². The summed E-state index contributed by atoms with van der Waals surface area (Å²) in [5.41, 5.74) is 5.18. The Balaban J connectivity index is 1.49. The smallest absolute Gasteiger partial charge is 0.332 e. The molecule has 0 aromatic heterocycles. The Hall–Kier alpha value is -2.69. The molecule has 0 bridgehead atoms. The number of para-hydroxylation sites is 2. The van der Waals surface area contributed by atoms with Crippen molar-refractivity contribution < 1.29 is 9.31 Å². The van der Waals surface area contributed by atoms with Gasteiger partial charge in [0.25, 0.3) is 0 Å². The highest BCUT2D eigenvalue weighted by molar-refractivity contribution is 6.51. The number of hydrogen-bond acceptors (Lipinski definition) is 4. The normalized spacial score (nSPS) is 12.7. The minimum Gasteiger partial charge on any atom is -0.416 e. The van der Waals surface area contributed by atoms with Crippen LogP contribution < -0.4 is 21.6 Å². The number of anilines is 2. The second-order valence-corrected chi connectivity index (χ2v) is 6.99. The second kappa shape index (κ2) is 10.7. The van der Waals surface area contributed by atoms with E-state index in [1.165, 1.54) is 0 Å². The molecule has 3 aromatic carbocycles. The van der Waals surface area contributed by atoms with Crippen molar-refractivity contribution in [1.82, 2.24) is 0 Å². The Morgan fingerprint density at radius 1 is 0.655 bits per heavy atom. The maximum absolute atomic E-state index is 5.84. The van der Waals surface area contributed by atoms with E-state index in [0.717, 1.165) is 27.9 Å². The van der Waals surface area contributed by atoms with Crippen LogP contribution in [-0.4, -0.2) is 27.4 Å². The highest BCUT2D eigenvalue weighted by atomic mass is 16.5. The number of rotatable bonds is 10. The summed E-state index contributed by atoms with van der Waals surface area (Å²) in [6.45, 7) is 6.02. The summed E-state index contributed by atoms with van der Waals surface area (Å²) in [7, 11) is 3.55. The molecule has 0 amide bonds. The lowest BCUT2D eigenvalue weighted by molar-refractivity contribution is 0.269. The lowest BCUT2D eigenvalue weighted by atomic mass is 9.78. The number of benzene rings is 3. The maximum atomic E-state index is 5.84. The van der Waals surface area contributed by atoms with Gasteiger partial charge in [-0.15, -0.1) is 0 Å². The number of nitrogens with one attached hydrogen (secondary N) is 2. The molecule has 2 radical (unpaired) electrons. The standard InChI is InChI=1S/C23H26B2N2O2/c1-17-14-20(24-28-18(2)26-22-10-6-4-7-11-22)16-21(15-17)25-29-19(3)27-23-12-8-5-9-13-23/h4-16,18-19,26-27H,1-3H3. The average Bonchev–Trinajstić information content (AvgIpc) is 2.72. The fourth-order valence-corrected chi connectivity index (χ4v) is 2.95. The minimum atomic E-state index is -0.142. The van der Waals surface area contributed by atoms with E-state index < -0.39 is 0 Å². The van der Waals surface area contributed by atoms with E-state index in [1.807, 2.05) is 80.6 Å². The summed E-state index contributed by atoms with van der Waals surface area (Å²) in [5, 5.41) is 6.62. The van der Waals surface area contributed by atoms with E-state index >= 15 is 0 Å². The van der Waals surface area contributed by atoms with Gasteiger partial charge in [-0.05, 0) is 45.0 Å². The molecule has 0 aliphatic rings. The van der Waals surface area contributed by atoms with Crippen LogP contribution in [-0.2, 0) is 9.31 Å². The van der Waals surface area contributed by atoms with Crippen LogP contribution in [0.3, 0.4) is 0 Å². The minimum absolute atomic E-state index is 0.142. The molecule has 146 valence electrons. The summed E-state index contributed by atoms with van der Waals surface area (Å²) in [6.07, 6.45) is -0.284. The van der Waals surface area contributed by atoms with Crippen LogP contribution in [0.25, 0.3) is 0 Å². The molecule has 0 saturated heterocycles. The van der Waals surface area contributed by atoms with Crippen molar-refractivity contribution in [3.05, 3.63) is 84.4 Å². The largest absolute Gasteiger partial charge is 0.416 e. The first kappa shape index (κ1) is 21.0. The van der Waals surface area contributed by atoms with Gasteiger partial charge >= 0.3 is 15.0 Å². The van der Waals surface area contributed by atoms with Crippen LogP contribution in [0.4, 0.5) is 11.4 Å². The molecule has 3 aromatic rings. The summed E-state index contributed by atoms with van der Waals surface area (Å²) < 4.78 is 11.7. The molecule has 2 N–H and O–H groups in total. The maximum Gasteiger partial charge on any atom is 0.332 e. The quantitative estimate of drug-likeness (QED) is 0.415. The van der Waals surface area contributed by atoms with Crippen LogP contribution in [0.2, 0.25) is 0 Å². The van der Waals surface area contributed by atoms with Gasteiger partial charge in [0, 0.05) is 11.4 Å². The first-order chi connectivity index (χ1) is 14.1. The lowest BCUT2D eigenvalue weighted by Crippen LogP contribution is -2.33. The zero-order valence-electron chi connectivity index (χ0n) is 17.1. The molecule has 3 rings (SSSR count). The zero-order chi connectivity index (χ0) is 20.5. The Morgan fingerprint density at radius 3 is 1.48 bits per heavy atom. The van der Waals surface area contributed by atoms with Gasteiger partial charge in [0.2, 0.25) is 0 Å². The molecule has 2 atom stereocenters. The van der Waals surface area contributed by atoms with Crippen molar-refractivity contribution in [2.75, 3.05) is 10.6 Å². The summed E-state index contributed by atoms with van der Waals surface area (Å²) in [4.78, 5) is 0. The monoisotopic (exact) mass is 384 g/mol. The molecule has 0 aliphatic heterocycles. The Bertz CT molecular complexity index is 809. The van der Waals surface area contributed by atoms with Crippen LogP contribution in [0.1, 0.15) is 19.4 Å².